The first-order valence-electron chi connectivity index (χ1n) is 2.54. The van der Waals surface area contributed by atoms with Gasteiger partial charge in [-0.3, -0.25) is 4.21 Å². The molecule has 0 saturated carbocycles. The van der Waals surface area contributed by atoms with Crippen molar-refractivity contribution < 1.29 is 4.21 Å². The average Bonchev–Trinajstić information content (AvgIpc) is 1.61. The Morgan fingerprint density at radius 3 is 2.25 bits per heavy atom. The minimum atomic E-state index is -0.623. The molecule has 1 nitrogen and oxygen atoms in total. The molecule has 0 saturated heterocycles. The Bertz CT molecular complexity index is 80.5. The maximum atomic E-state index is 10.4. The molecule has 0 aliphatic carbocycles. The zero-order valence-electron chi connectivity index (χ0n) is 5.51. The normalized spacial score (nSPS) is 14.5. The number of hydrogen-bond acceptors (Lipinski definition) is 2. The van der Waals surface area contributed by atoms with E-state index in [9.17, 15) is 4.21 Å². The van der Waals surface area contributed by atoms with Gasteiger partial charge in [-0.25, -0.2) is 0 Å². The van der Waals surface area contributed by atoms with Crippen molar-refractivity contribution in [2.24, 2.45) is 0 Å². The highest BCUT2D eigenvalue weighted by atomic mass is 32.2. The zero-order chi connectivity index (χ0) is 6.57. The van der Waals surface area contributed by atoms with Gasteiger partial charge in [0.05, 0.1) is 5.08 Å². The van der Waals surface area contributed by atoms with Gasteiger partial charge in [-0.05, 0) is 5.25 Å². The van der Waals surface area contributed by atoms with Crippen LogP contribution in [0.5, 0.6) is 0 Å². The lowest BCUT2D eigenvalue weighted by Crippen LogP contribution is -1.94. The Hall–Kier alpha value is 0.500. The molecule has 0 rings (SSSR count). The van der Waals surface area contributed by atoms with Crippen molar-refractivity contribution in [2.45, 2.75) is 19.1 Å². The lowest BCUT2D eigenvalue weighted by Gasteiger charge is -1.99. The van der Waals surface area contributed by atoms with Gasteiger partial charge in [0.2, 0.25) is 0 Å². The second-order valence-corrected chi connectivity index (χ2v) is 5.27. The fourth-order valence-electron chi connectivity index (χ4n) is 0.232. The van der Waals surface area contributed by atoms with Crippen LogP contribution < -0.4 is 0 Å². The maximum absolute atomic E-state index is 10.4. The van der Waals surface area contributed by atoms with Crippen molar-refractivity contribution in [3.8, 4) is 0 Å². The van der Waals surface area contributed by atoms with Gasteiger partial charge in [0, 0.05) is 17.1 Å². The van der Waals surface area contributed by atoms with E-state index in [0.717, 1.165) is 5.08 Å². The molecule has 50 valence electrons. The van der Waals surface area contributed by atoms with Gasteiger partial charge in [0.25, 0.3) is 0 Å². The van der Waals surface area contributed by atoms with Gasteiger partial charge >= 0.3 is 0 Å². The van der Waals surface area contributed by atoms with Gasteiger partial charge < -0.3 is 0 Å². The summed E-state index contributed by atoms with van der Waals surface area (Å²) in [5.41, 5.74) is 0. The molecule has 0 fully saturated rings. The van der Waals surface area contributed by atoms with E-state index < -0.39 is 10.8 Å². The van der Waals surface area contributed by atoms with Gasteiger partial charge in [0.1, 0.15) is 0 Å². The molecule has 1 atom stereocenters. The maximum Gasteiger partial charge on any atom is 0.0692 e. The smallest absolute Gasteiger partial charge is 0.0692 e. The predicted molar refractivity (Wildman–Crippen MR) is 41.7 cm³/mol. The summed E-state index contributed by atoms with van der Waals surface area (Å²) in [5.74, 6) is 0. The third-order valence-electron chi connectivity index (χ3n) is 0.567. The minimum Gasteiger partial charge on any atom is -0.259 e. The van der Waals surface area contributed by atoms with Crippen LogP contribution in [0.3, 0.4) is 0 Å². The highest BCUT2D eigenvalue weighted by molar-refractivity contribution is 8.10. The van der Waals surface area contributed by atoms with Crippen molar-refractivity contribution in [1.82, 2.24) is 0 Å². The molecule has 0 aromatic carbocycles. The zero-order valence-corrected chi connectivity index (χ0v) is 7.14. The van der Waals surface area contributed by atoms with E-state index in [1.54, 1.807) is 18.0 Å². The number of rotatable bonds is 3. The highest BCUT2D eigenvalue weighted by Gasteiger charge is 1.94. The SMILES string of the molecule is CC(C)SCS(C)=O. The Balaban J connectivity index is 3.05. The largest absolute Gasteiger partial charge is 0.259 e. The summed E-state index contributed by atoms with van der Waals surface area (Å²) < 4.78 is 10.4. The number of hydrogen-bond donors (Lipinski definition) is 0. The van der Waals surface area contributed by atoms with Gasteiger partial charge in [-0.15, -0.1) is 11.8 Å². The standard InChI is InChI=1S/C5H12OS2/c1-5(2)7-4-8(3)6/h5H,4H2,1-3H3. The van der Waals surface area contributed by atoms with Gasteiger partial charge in [0.15, 0.2) is 0 Å². The second-order valence-electron chi connectivity index (χ2n) is 1.91. The summed E-state index contributed by atoms with van der Waals surface area (Å²) in [6.07, 6.45) is 1.73. The summed E-state index contributed by atoms with van der Waals surface area (Å²) in [5, 5.41) is 1.39. The molecule has 0 aliphatic rings. The van der Waals surface area contributed by atoms with Crippen molar-refractivity contribution in [2.75, 3.05) is 11.3 Å². The summed E-state index contributed by atoms with van der Waals surface area (Å²) in [7, 11) is -0.623. The molecular weight excluding hydrogens is 140 g/mol. The van der Waals surface area contributed by atoms with E-state index >= 15 is 0 Å². The fraction of sp³-hybridized carbons (Fsp3) is 1.00. The molecule has 8 heavy (non-hydrogen) atoms. The van der Waals surface area contributed by atoms with E-state index in [1.807, 2.05) is 0 Å². The Morgan fingerprint density at radius 1 is 1.62 bits per heavy atom. The van der Waals surface area contributed by atoms with Crippen molar-refractivity contribution in [3.05, 3.63) is 0 Å². The molecule has 0 bridgehead atoms. The Morgan fingerprint density at radius 2 is 2.12 bits per heavy atom. The Kier molecular flexibility index (Phi) is 4.66. The average molecular weight is 152 g/mol. The molecule has 0 spiro atoms. The second kappa shape index (κ2) is 4.39. The van der Waals surface area contributed by atoms with Crippen molar-refractivity contribution in [1.29, 1.82) is 0 Å². The summed E-state index contributed by atoms with van der Waals surface area (Å²) in [4.78, 5) is 0. The quantitative estimate of drug-likeness (QED) is 0.609. The highest BCUT2D eigenvalue weighted by Crippen LogP contribution is 2.08. The molecule has 1 unspecified atom stereocenters. The van der Waals surface area contributed by atoms with E-state index in [1.165, 1.54) is 0 Å². The van der Waals surface area contributed by atoms with Crippen LogP contribution in [0.1, 0.15) is 13.8 Å². The third-order valence-corrected chi connectivity index (χ3v) is 3.11. The van der Waals surface area contributed by atoms with Crippen LogP contribution in [0.25, 0.3) is 0 Å². The fourth-order valence-corrected chi connectivity index (χ4v) is 2.09. The third kappa shape index (κ3) is 6.50. The summed E-state index contributed by atoms with van der Waals surface area (Å²) in [6.45, 7) is 4.22. The Labute approximate surface area is 57.7 Å². The lowest BCUT2D eigenvalue weighted by atomic mass is 10.6. The van der Waals surface area contributed by atoms with E-state index in [-0.39, 0.29) is 0 Å². The minimum absolute atomic E-state index is 0.610. The molecule has 0 aromatic rings. The van der Waals surface area contributed by atoms with Crippen molar-refractivity contribution in [3.63, 3.8) is 0 Å². The van der Waals surface area contributed by atoms with Crippen LogP contribution in [-0.2, 0) is 10.8 Å². The molecule has 0 radical (unpaired) electrons. The van der Waals surface area contributed by atoms with Gasteiger partial charge in [-0.2, -0.15) is 0 Å². The van der Waals surface area contributed by atoms with Crippen LogP contribution in [0, 0.1) is 0 Å². The summed E-state index contributed by atoms with van der Waals surface area (Å²) in [6, 6.07) is 0. The lowest BCUT2D eigenvalue weighted by molar-refractivity contribution is 0.689. The topological polar surface area (TPSA) is 17.1 Å². The molecule has 0 heterocycles. The van der Waals surface area contributed by atoms with Crippen LogP contribution >= 0.6 is 11.8 Å². The monoisotopic (exact) mass is 152 g/mol. The molecule has 0 amide bonds. The molecule has 0 N–H and O–H groups in total. The van der Waals surface area contributed by atoms with E-state index in [4.69, 9.17) is 0 Å². The molecule has 3 heteroatoms. The number of thioether (sulfide) groups is 1. The van der Waals surface area contributed by atoms with E-state index in [2.05, 4.69) is 13.8 Å². The summed E-state index contributed by atoms with van der Waals surface area (Å²) >= 11 is 1.74. The van der Waals surface area contributed by atoms with Crippen LogP contribution in [0.15, 0.2) is 0 Å². The van der Waals surface area contributed by atoms with Crippen molar-refractivity contribution >= 4 is 22.6 Å². The first-order valence-corrected chi connectivity index (χ1v) is 5.32. The molecule has 0 aliphatic heterocycles. The van der Waals surface area contributed by atoms with Crippen LogP contribution in [0.2, 0.25) is 0 Å². The first-order chi connectivity index (χ1) is 3.63. The molecule has 0 aromatic heterocycles. The predicted octanol–water partition coefficient (Wildman–Crippen LogP) is 1.46. The first kappa shape index (κ1) is 8.50. The van der Waals surface area contributed by atoms with E-state index in [0.29, 0.717) is 5.25 Å². The van der Waals surface area contributed by atoms with Crippen LogP contribution in [0.4, 0.5) is 0 Å². The van der Waals surface area contributed by atoms with Crippen LogP contribution in [-0.4, -0.2) is 20.8 Å². The van der Waals surface area contributed by atoms with Gasteiger partial charge in [-0.1, -0.05) is 13.8 Å². The molecular formula is C5H12OS2.